The first-order valence-corrected chi connectivity index (χ1v) is 14.8. The molecule has 3 aliphatic rings. The Balaban J connectivity index is 1.12. The highest BCUT2D eigenvalue weighted by molar-refractivity contribution is 7.47. The molecule has 2 saturated heterocycles. The monoisotopic (exact) mass is 648 g/mol. The fourth-order valence-corrected chi connectivity index (χ4v) is 6.19. The lowest BCUT2D eigenvalue weighted by Gasteiger charge is -2.21. The van der Waals surface area contributed by atoms with Crippen molar-refractivity contribution in [2.24, 2.45) is 16.6 Å². The van der Waals surface area contributed by atoms with Crippen LogP contribution in [0.25, 0.3) is 11.2 Å². The Hall–Kier alpha value is -4.39. The molecule has 0 saturated carbocycles. The van der Waals surface area contributed by atoms with Gasteiger partial charge in [0.25, 0.3) is 5.56 Å². The molecule has 3 aromatic heterocycles. The largest absolute Gasteiger partial charge is 0.472 e. The number of hydrogen-bond acceptors (Lipinski definition) is 17. The number of imidazole rings is 1. The maximum Gasteiger partial charge on any atom is 0.472 e. The molecule has 2 fully saturated rings. The molecule has 8 N–H and O–H groups in total. The van der Waals surface area contributed by atoms with Crippen LogP contribution in [0, 0.1) is 17.2 Å². The Kier molecular flexibility index (Phi) is 7.84. The molecule has 0 aromatic carbocycles. The second-order valence-corrected chi connectivity index (χ2v) is 11.7. The van der Waals surface area contributed by atoms with Crippen molar-refractivity contribution < 1.29 is 43.0 Å². The summed E-state index contributed by atoms with van der Waals surface area (Å²) in [6.45, 7) is -1.29. The molecular weight excluding hydrogens is 623 g/mol. The molecule has 4 unspecified atom stereocenters. The summed E-state index contributed by atoms with van der Waals surface area (Å²) in [6, 6.07) is 1.73. The van der Waals surface area contributed by atoms with Crippen LogP contribution >= 0.6 is 7.82 Å². The first-order chi connectivity index (χ1) is 21.4. The highest BCUT2D eigenvalue weighted by Gasteiger charge is 2.44. The van der Waals surface area contributed by atoms with Gasteiger partial charge in [-0.05, 0) is 0 Å². The third kappa shape index (κ3) is 5.65. The fourth-order valence-electron chi connectivity index (χ4n) is 5.23. The lowest BCUT2D eigenvalue weighted by molar-refractivity contribution is -0.0564. The number of hydrogen-bond donors (Lipinski definition) is 6. The van der Waals surface area contributed by atoms with Gasteiger partial charge in [-0.2, -0.15) is 15.2 Å². The van der Waals surface area contributed by atoms with Crippen molar-refractivity contribution >= 4 is 42.4 Å². The number of H-pyrrole nitrogens is 1. The number of nitrogens with one attached hydrogen (secondary N) is 1. The van der Waals surface area contributed by atoms with E-state index in [2.05, 4.69) is 24.9 Å². The number of Topliss-reactive ketones (excluding diaryl/α,β-unsaturated/α-hetero) is 1. The van der Waals surface area contributed by atoms with Gasteiger partial charge in [-0.3, -0.25) is 32.8 Å². The van der Waals surface area contributed by atoms with Gasteiger partial charge in [0.05, 0.1) is 37.3 Å². The number of fused-ring (bicyclic) bond motifs is 2. The van der Waals surface area contributed by atoms with Gasteiger partial charge in [0.15, 0.2) is 28.7 Å². The highest BCUT2D eigenvalue weighted by Crippen LogP contribution is 2.49. The summed E-state index contributed by atoms with van der Waals surface area (Å²) in [5, 5.41) is 29.6. The summed E-state index contributed by atoms with van der Waals surface area (Å²) in [5.74, 6) is -2.82. The van der Waals surface area contributed by atoms with E-state index in [1.807, 2.05) is 0 Å². The summed E-state index contributed by atoms with van der Waals surface area (Å²) in [4.78, 5) is 65.9. The molecule has 21 nitrogen and oxygen atoms in total. The molecule has 22 heteroatoms. The Labute approximate surface area is 250 Å². The SMILES string of the molecule is N#CC1C(=O)c2cn([C@H]3C[C@@H](OP(=O)(O)OCC4O[C@@H](n5cnc6c(=O)[nH]c(N)nc65)C[C@H]4O)C(CO)O3)c(=O)nc2N=C1N. The number of aromatic nitrogens is 6. The number of rotatable bonds is 8. The number of nitrogens with zero attached hydrogens (tertiary/aromatic N) is 7. The molecule has 6 rings (SSSR count). The van der Waals surface area contributed by atoms with Crippen molar-refractivity contribution in [1.82, 2.24) is 29.1 Å². The van der Waals surface area contributed by atoms with E-state index in [1.165, 1.54) is 10.9 Å². The number of ketones is 1. The smallest absolute Gasteiger partial charge is 0.394 e. The molecular formula is C23H25N10O11P. The number of carbonyl (C=O) groups is 1. The number of ether oxygens (including phenoxy) is 2. The van der Waals surface area contributed by atoms with Gasteiger partial charge >= 0.3 is 13.5 Å². The maximum absolute atomic E-state index is 12.9. The second kappa shape index (κ2) is 11.5. The van der Waals surface area contributed by atoms with Gasteiger partial charge < -0.3 is 36.0 Å². The average Bonchev–Trinajstić information content (AvgIpc) is 3.68. The Morgan fingerprint density at radius 3 is 2.62 bits per heavy atom. The maximum atomic E-state index is 12.9. The summed E-state index contributed by atoms with van der Waals surface area (Å²) in [5.41, 5.74) is 9.71. The zero-order valence-corrected chi connectivity index (χ0v) is 23.8. The second-order valence-electron chi connectivity index (χ2n) is 10.3. The number of anilines is 1. The average molecular weight is 648 g/mol. The van der Waals surface area contributed by atoms with Crippen LogP contribution in [0.4, 0.5) is 11.8 Å². The molecule has 6 heterocycles. The molecule has 45 heavy (non-hydrogen) atoms. The van der Waals surface area contributed by atoms with E-state index < -0.39 is 80.9 Å². The number of phosphoric acid groups is 1. The highest BCUT2D eigenvalue weighted by atomic mass is 31.2. The molecule has 0 amide bonds. The van der Waals surface area contributed by atoms with Crippen LogP contribution in [-0.4, -0.2) is 93.4 Å². The number of aromatic amines is 1. The normalized spacial score (nSPS) is 29.3. The summed E-state index contributed by atoms with van der Waals surface area (Å²) in [6.07, 6.45) is -4.71. The number of nitrogen functional groups attached to an aromatic ring is 1. The number of nitriles is 1. The predicted molar refractivity (Wildman–Crippen MR) is 147 cm³/mol. The molecule has 0 bridgehead atoms. The van der Waals surface area contributed by atoms with Gasteiger partial charge in [-0.15, -0.1) is 0 Å². The van der Waals surface area contributed by atoms with E-state index >= 15 is 0 Å². The minimum absolute atomic E-state index is 0.00429. The number of aliphatic imine (C=N–C) groups is 1. The molecule has 8 atom stereocenters. The van der Waals surface area contributed by atoms with Crippen LogP contribution in [0.5, 0.6) is 0 Å². The van der Waals surface area contributed by atoms with E-state index in [4.69, 9.17) is 30.0 Å². The Morgan fingerprint density at radius 1 is 1.16 bits per heavy atom. The van der Waals surface area contributed by atoms with Gasteiger partial charge in [0.2, 0.25) is 5.95 Å². The van der Waals surface area contributed by atoms with Crippen molar-refractivity contribution in [2.45, 2.75) is 49.7 Å². The number of phosphoric ester groups is 1. The Bertz CT molecular complexity index is 1920. The number of aliphatic hydroxyl groups excluding tert-OH is 2. The first-order valence-electron chi connectivity index (χ1n) is 13.3. The lowest BCUT2D eigenvalue weighted by Crippen LogP contribution is -2.36. The van der Waals surface area contributed by atoms with Crippen molar-refractivity contribution in [3.63, 3.8) is 0 Å². The summed E-state index contributed by atoms with van der Waals surface area (Å²) >= 11 is 0. The molecule has 3 aliphatic heterocycles. The van der Waals surface area contributed by atoms with E-state index in [1.54, 1.807) is 6.07 Å². The van der Waals surface area contributed by atoms with Crippen LogP contribution in [-0.2, 0) is 23.1 Å². The summed E-state index contributed by atoms with van der Waals surface area (Å²) in [7, 11) is -4.88. The van der Waals surface area contributed by atoms with Crippen LogP contribution in [0.15, 0.2) is 27.1 Å². The standard InChI is InChI=1S/C23H25N10O11P/c24-3-8-17(36)9-4-32(23(38)29-19(9)28-18(8)25)15-2-11(12(5-34)42-15)44-45(39,40)41-6-13-10(35)1-14(43-13)33-7-27-16-20(33)30-22(26)31-21(16)37/h4,7-8,10-15,34-35H,1-2,5-6H2,(H,39,40)(H2,25,28,29,38)(H3,26,30,31,37)/t8?,10-,11-,12?,13?,14-,15-/m1/s1. The van der Waals surface area contributed by atoms with Crippen molar-refractivity contribution in [1.29, 1.82) is 5.26 Å². The van der Waals surface area contributed by atoms with Crippen molar-refractivity contribution in [3.05, 3.63) is 38.9 Å². The number of nitrogens with two attached hydrogens (primary N) is 2. The molecule has 0 spiro atoms. The van der Waals surface area contributed by atoms with Crippen LogP contribution in [0.2, 0.25) is 0 Å². The first kappa shape index (κ1) is 30.6. The topological polar surface area (TPSA) is 318 Å². The zero-order valence-electron chi connectivity index (χ0n) is 22.9. The zero-order chi connectivity index (χ0) is 32.2. The van der Waals surface area contributed by atoms with Crippen LogP contribution < -0.4 is 22.7 Å². The predicted octanol–water partition coefficient (Wildman–Crippen LogP) is -2.29. The van der Waals surface area contributed by atoms with Crippen LogP contribution in [0.1, 0.15) is 35.7 Å². The molecule has 238 valence electrons. The number of amidine groups is 1. The van der Waals surface area contributed by atoms with E-state index in [9.17, 15) is 39.3 Å². The quantitative estimate of drug-likeness (QED) is 0.140. The Morgan fingerprint density at radius 2 is 1.89 bits per heavy atom. The molecule has 0 aliphatic carbocycles. The lowest BCUT2D eigenvalue weighted by atomic mass is 9.96. The van der Waals surface area contributed by atoms with Gasteiger partial charge in [0.1, 0.15) is 36.6 Å². The molecule has 0 radical (unpaired) electrons. The number of carbonyl (C=O) groups excluding carboxylic acids is 1. The summed E-state index contributed by atoms with van der Waals surface area (Å²) < 4.78 is 36.9. The van der Waals surface area contributed by atoms with Crippen LogP contribution in [0.3, 0.4) is 0 Å². The van der Waals surface area contributed by atoms with Gasteiger partial charge in [-0.25, -0.2) is 19.3 Å². The number of aliphatic hydroxyl groups is 2. The van der Waals surface area contributed by atoms with Crippen molar-refractivity contribution in [2.75, 3.05) is 18.9 Å². The molecule has 3 aromatic rings. The van der Waals surface area contributed by atoms with E-state index in [-0.39, 0.29) is 47.2 Å². The van der Waals surface area contributed by atoms with E-state index in [0.29, 0.717) is 0 Å². The van der Waals surface area contributed by atoms with Crippen molar-refractivity contribution in [3.8, 4) is 6.07 Å². The third-order valence-electron chi connectivity index (χ3n) is 7.43. The minimum Gasteiger partial charge on any atom is -0.394 e. The minimum atomic E-state index is -4.88. The third-order valence-corrected chi connectivity index (χ3v) is 8.44. The van der Waals surface area contributed by atoms with Gasteiger partial charge in [0, 0.05) is 19.0 Å². The fraction of sp³-hybridized carbons (Fsp3) is 0.478. The van der Waals surface area contributed by atoms with Gasteiger partial charge in [-0.1, -0.05) is 0 Å². The van der Waals surface area contributed by atoms with E-state index in [0.717, 1.165) is 10.8 Å².